The minimum absolute atomic E-state index is 0.261. The monoisotopic (exact) mass is 313 g/mol. The summed E-state index contributed by atoms with van der Waals surface area (Å²) in [5, 5.41) is 5.16. The highest BCUT2D eigenvalue weighted by atomic mass is 32.2. The second-order valence-corrected chi connectivity index (χ2v) is 6.13. The van der Waals surface area contributed by atoms with E-state index in [0.29, 0.717) is 5.69 Å². The van der Waals surface area contributed by atoms with E-state index in [2.05, 4.69) is 47.6 Å². The third-order valence-electron chi connectivity index (χ3n) is 3.39. The molecule has 0 saturated heterocycles. The van der Waals surface area contributed by atoms with Crippen LogP contribution in [0.15, 0.2) is 52.6 Å². The first kappa shape index (κ1) is 14.8. The largest absolute Gasteiger partial charge is 0.255 e. The fraction of sp³-hybridized carbons (Fsp3) is 0.176. The highest BCUT2D eigenvalue weighted by Crippen LogP contribution is 2.20. The van der Waals surface area contributed by atoms with Crippen LogP contribution in [0.25, 0.3) is 0 Å². The van der Waals surface area contributed by atoms with Gasteiger partial charge in [-0.2, -0.15) is 5.10 Å². The highest BCUT2D eigenvalue weighted by molar-refractivity contribution is 8.14. The molecule has 0 bridgehead atoms. The van der Waals surface area contributed by atoms with Crippen LogP contribution in [0.4, 0.5) is 10.1 Å². The van der Waals surface area contributed by atoms with Gasteiger partial charge in [-0.15, -0.1) is 0 Å². The molecule has 0 atom stereocenters. The number of hydrogen-bond acceptors (Lipinski definition) is 3. The van der Waals surface area contributed by atoms with Gasteiger partial charge in [0.1, 0.15) is 5.82 Å². The maximum absolute atomic E-state index is 12.9. The van der Waals surface area contributed by atoms with Crippen LogP contribution in [0, 0.1) is 19.7 Å². The molecule has 3 rings (SSSR count). The Morgan fingerprint density at radius 1 is 1.14 bits per heavy atom. The Kier molecular flexibility index (Phi) is 4.24. The molecule has 0 fully saturated rings. The van der Waals surface area contributed by atoms with Crippen molar-refractivity contribution in [3.63, 3.8) is 0 Å². The lowest BCUT2D eigenvalue weighted by molar-refractivity contribution is 0.628. The average molecular weight is 313 g/mol. The van der Waals surface area contributed by atoms with Crippen LogP contribution in [0.5, 0.6) is 0 Å². The Hall–Kier alpha value is -2.14. The molecule has 2 aromatic rings. The fourth-order valence-corrected chi connectivity index (χ4v) is 2.97. The van der Waals surface area contributed by atoms with E-state index < -0.39 is 0 Å². The van der Waals surface area contributed by atoms with Crippen molar-refractivity contribution in [3.8, 4) is 0 Å². The lowest BCUT2D eigenvalue weighted by Crippen LogP contribution is -2.25. The van der Waals surface area contributed by atoms with Crippen molar-refractivity contribution < 1.29 is 4.39 Å². The van der Waals surface area contributed by atoms with Crippen LogP contribution in [-0.4, -0.2) is 16.6 Å². The normalized spacial score (nSPS) is 16.3. The summed E-state index contributed by atoms with van der Waals surface area (Å²) in [5.74, 6) is 0.501. The van der Waals surface area contributed by atoms with Gasteiger partial charge in [0.2, 0.25) is 0 Å². The number of aryl methyl sites for hydroxylation is 2. The van der Waals surface area contributed by atoms with Crippen molar-refractivity contribution in [1.29, 1.82) is 0 Å². The molecule has 5 heteroatoms. The fourth-order valence-electron chi connectivity index (χ4n) is 2.19. The van der Waals surface area contributed by atoms with E-state index in [-0.39, 0.29) is 5.82 Å². The molecule has 112 valence electrons. The second kappa shape index (κ2) is 6.32. The summed E-state index contributed by atoms with van der Waals surface area (Å²) in [6.07, 6.45) is 0. The Labute approximate surface area is 133 Å². The molecule has 1 aliphatic heterocycles. The molecule has 1 N–H and O–H groups in total. The average Bonchev–Trinajstić information content (AvgIpc) is 2.53. The van der Waals surface area contributed by atoms with Gasteiger partial charge < -0.3 is 0 Å². The third kappa shape index (κ3) is 3.36. The van der Waals surface area contributed by atoms with E-state index in [0.717, 1.165) is 16.6 Å². The first-order valence-corrected chi connectivity index (χ1v) is 7.97. The maximum atomic E-state index is 12.9. The van der Waals surface area contributed by atoms with Gasteiger partial charge >= 0.3 is 0 Å². The SMILES string of the molecule is Cc1ccc(C)c(C2=NNC(=Nc3ccc(F)cc3)SC2)c1. The molecule has 0 amide bonds. The van der Waals surface area contributed by atoms with E-state index in [1.54, 1.807) is 23.9 Å². The lowest BCUT2D eigenvalue weighted by atomic mass is 10.0. The van der Waals surface area contributed by atoms with E-state index in [9.17, 15) is 4.39 Å². The standard InChI is InChI=1S/C17H16FN3S/c1-11-3-4-12(2)15(9-11)16-10-22-17(21-20-16)19-14-7-5-13(18)6-8-14/h3-9H,10H2,1-2H3,(H,19,21). The van der Waals surface area contributed by atoms with Gasteiger partial charge in [0.15, 0.2) is 5.17 Å². The number of halogens is 1. The van der Waals surface area contributed by atoms with Gasteiger partial charge in [-0.3, -0.25) is 5.43 Å². The molecule has 1 heterocycles. The molecule has 0 aliphatic carbocycles. The smallest absolute Gasteiger partial charge is 0.182 e. The number of amidine groups is 1. The second-order valence-electron chi connectivity index (χ2n) is 5.17. The summed E-state index contributed by atoms with van der Waals surface area (Å²) in [7, 11) is 0. The Morgan fingerprint density at radius 2 is 1.91 bits per heavy atom. The first-order valence-electron chi connectivity index (χ1n) is 6.99. The molecule has 1 aliphatic rings. The van der Waals surface area contributed by atoms with Crippen LogP contribution in [0.1, 0.15) is 16.7 Å². The Balaban J connectivity index is 1.79. The van der Waals surface area contributed by atoms with Crippen molar-refractivity contribution in [2.45, 2.75) is 13.8 Å². The number of nitrogens with one attached hydrogen (secondary N) is 1. The van der Waals surface area contributed by atoms with E-state index in [1.165, 1.54) is 28.8 Å². The lowest BCUT2D eigenvalue weighted by Gasteiger charge is -2.16. The topological polar surface area (TPSA) is 36.8 Å². The molecule has 0 unspecified atom stereocenters. The quantitative estimate of drug-likeness (QED) is 0.903. The zero-order chi connectivity index (χ0) is 15.5. The molecular formula is C17H16FN3S. The van der Waals surface area contributed by atoms with Gasteiger partial charge in [-0.1, -0.05) is 29.5 Å². The van der Waals surface area contributed by atoms with E-state index in [1.807, 2.05) is 0 Å². The number of hydrogen-bond donors (Lipinski definition) is 1. The van der Waals surface area contributed by atoms with Crippen molar-refractivity contribution in [2.24, 2.45) is 10.1 Å². The van der Waals surface area contributed by atoms with Crippen LogP contribution in [0.3, 0.4) is 0 Å². The number of nitrogens with zero attached hydrogens (tertiary/aromatic N) is 2. The number of aliphatic imine (C=N–C) groups is 1. The summed E-state index contributed by atoms with van der Waals surface area (Å²) in [6, 6.07) is 12.5. The third-order valence-corrected chi connectivity index (χ3v) is 4.27. The molecule has 22 heavy (non-hydrogen) atoms. The Morgan fingerprint density at radius 3 is 2.59 bits per heavy atom. The van der Waals surface area contributed by atoms with Crippen molar-refractivity contribution >= 4 is 28.3 Å². The molecule has 2 aromatic carbocycles. The van der Waals surface area contributed by atoms with E-state index in [4.69, 9.17) is 0 Å². The molecule has 0 spiro atoms. The van der Waals surface area contributed by atoms with Crippen molar-refractivity contribution in [3.05, 3.63) is 65.0 Å². The summed E-state index contributed by atoms with van der Waals surface area (Å²) in [6.45, 7) is 4.17. The number of hydrazone groups is 1. The maximum Gasteiger partial charge on any atom is 0.182 e. The predicted octanol–water partition coefficient (Wildman–Crippen LogP) is 4.17. The molecular weight excluding hydrogens is 297 g/mol. The van der Waals surface area contributed by atoms with Gasteiger partial charge in [-0.25, -0.2) is 9.38 Å². The summed E-state index contributed by atoms with van der Waals surface area (Å²) < 4.78 is 12.9. The van der Waals surface area contributed by atoms with E-state index >= 15 is 0 Å². The zero-order valence-electron chi connectivity index (χ0n) is 12.4. The minimum atomic E-state index is -0.261. The molecule has 0 saturated carbocycles. The van der Waals surface area contributed by atoms with Crippen LogP contribution >= 0.6 is 11.8 Å². The first-order chi connectivity index (χ1) is 10.6. The van der Waals surface area contributed by atoms with Crippen LogP contribution in [-0.2, 0) is 0 Å². The van der Waals surface area contributed by atoms with Gasteiger partial charge in [0.25, 0.3) is 0 Å². The van der Waals surface area contributed by atoms with Gasteiger partial charge in [-0.05, 0) is 49.7 Å². The number of thioether (sulfide) groups is 1. The minimum Gasteiger partial charge on any atom is -0.255 e. The van der Waals surface area contributed by atoms with Crippen LogP contribution < -0.4 is 5.43 Å². The predicted molar refractivity (Wildman–Crippen MR) is 91.5 cm³/mol. The summed E-state index contributed by atoms with van der Waals surface area (Å²) >= 11 is 1.59. The summed E-state index contributed by atoms with van der Waals surface area (Å²) in [5.41, 5.74) is 8.31. The summed E-state index contributed by atoms with van der Waals surface area (Å²) in [4.78, 5) is 4.42. The highest BCUT2D eigenvalue weighted by Gasteiger charge is 2.14. The molecule has 0 radical (unpaired) electrons. The molecule has 0 aromatic heterocycles. The zero-order valence-corrected chi connectivity index (χ0v) is 13.2. The van der Waals surface area contributed by atoms with Crippen molar-refractivity contribution in [2.75, 3.05) is 5.75 Å². The Bertz CT molecular complexity index is 751. The van der Waals surface area contributed by atoms with Crippen molar-refractivity contribution in [1.82, 2.24) is 5.43 Å². The number of rotatable bonds is 2. The molecule has 3 nitrogen and oxygen atoms in total. The number of benzene rings is 2. The van der Waals surface area contributed by atoms with Gasteiger partial charge in [0, 0.05) is 11.3 Å². The van der Waals surface area contributed by atoms with Gasteiger partial charge in [0.05, 0.1) is 11.4 Å². The van der Waals surface area contributed by atoms with Crippen LogP contribution in [0.2, 0.25) is 0 Å².